The molecule has 0 spiro atoms. The molecule has 0 aliphatic rings. The summed E-state index contributed by atoms with van der Waals surface area (Å²) in [6.45, 7) is 6.50. The monoisotopic (exact) mass is 448 g/mol. The molecule has 0 fully saturated rings. The minimum Gasteiger partial charge on any atom is -0.477 e. The quantitative estimate of drug-likeness (QED) is 0.474. The lowest BCUT2D eigenvalue weighted by atomic mass is 10.0. The molecule has 1 aromatic heterocycles. The fourth-order valence-electron chi connectivity index (χ4n) is 3.22. The Labute approximate surface area is 184 Å². The summed E-state index contributed by atoms with van der Waals surface area (Å²) in [5.41, 5.74) is 2.83. The molecule has 0 aliphatic heterocycles. The van der Waals surface area contributed by atoms with Crippen LogP contribution in [0.25, 0.3) is 0 Å². The first-order chi connectivity index (χ1) is 13.8. The average molecular weight is 449 g/mol. The van der Waals surface area contributed by atoms with Gasteiger partial charge < -0.3 is 9.67 Å². The summed E-state index contributed by atoms with van der Waals surface area (Å²) >= 11 is 13.2. The molecule has 7 heteroatoms. The highest BCUT2D eigenvalue weighted by atomic mass is 35.5. The first-order valence-electron chi connectivity index (χ1n) is 9.26. The molecular weight excluding hydrogens is 427 g/mol. The van der Waals surface area contributed by atoms with Crippen LogP contribution < -0.4 is 4.80 Å². The van der Waals surface area contributed by atoms with Crippen LogP contribution in [0, 0.1) is 0 Å². The van der Waals surface area contributed by atoms with Gasteiger partial charge in [0.2, 0.25) is 0 Å². The molecule has 152 valence electrons. The van der Waals surface area contributed by atoms with E-state index in [1.807, 2.05) is 66.9 Å². The summed E-state index contributed by atoms with van der Waals surface area (Å²) in [6.07, 6.45) is 0. The van der Waals surface area contributed by atoms with Crippen molar-refractivity contribution in [3.63, 3.8) is 0 Å². The van der Waals surface area contributed by atoms with E-state index in [9.17, 15) is 9.90 Å². The minimum atomic E-state index is -0.927. The van der Waals surface area contributed by atoms with Crippen molar-refractivity contribution in [2.75, 3.05) is 0 Å². The van der Waals surface area contributed by atoms with E-state index in [-0.39, 0.29) is 12.0 Å². The van der Waals surface area contributed by atoms with Crippen LogP contribution in [0.3, 0.4) is 0 Å². The number of hydrogen-bond donors (Lipinski definition) is 1. The average Bonchev–Trinajstić information content (AvgIpc) is 3.08. The standard InChI is InChI=1S/C22H22Cl2N2O2S/c1-13(2)19-20(21(27)28)29-22(25-12-15-4-8-17(23)9-5-15)26(19)14(3)16-6-10-18(24)11-7-16/h4-11,13-14H,12H2,1-3H3,(H,27,28)/b25-22+/t14-/m1/s1. The molecule has 0 aliphatic carbocycles. The van der Waals surface area contributed by atoms with E-state index in [0.717, 1.165) is 16.8 Å². The Morgan fingerprint density at radius 3 is 2.10 bits per heavy atom. The van der Waals surface area contributed by atoms with Crippen molar-refractivity contribution < 1.29 is 9.90 Å². The molecular formula is C22H22Cl2N2O2S. The Morgan fingerprint density at radius 1 is 1.03 bits per heavy atom. The molecule has 0 saturated carbocycles. The van der Waals surface area contributed by atoms with Crippen LogP contribution in [0.2, 0.25) is 10.0 Å². The van der Waals surface area contributed by atoms with Crippen LogP contribution in [0.5, 0.6) is 0 Å². The molecule has 29 heavy (non-hydrogen) atoms. The van der Waals surface area contributed by atoms with E-state index in [4.69, 9.17) is 28.2 Å². The summed E-state index contributed by atoms with van der Waals surface area (Å²) in [5, 5.41) is 11.1. The Morgan fingerprint density at radius 2 is 1.59 bits per heavy atom. The Bertz CT molecular complexity index is 1070. The summed E-state index contributed by atoms with van der Waals surface area (Å²) in [4.78, 5) is 17.7. The van der Waals surface area contributed by atoms with Crippen LogP contribution in [-0.2, 0) is 6.54 Å². The number of thiazole rings is 1. The van der Waals surface area contributed by atoms with Gasteiger partial charge in [-0.2, -0.15) is 0 Å². The van der Waals surface area contributed by atoms with Gasteiger partial charge in [0.05, 0.1) is 12.6 Å². The second-order valence-corrected chi connectivity index (χ2v) is 8.95. The zero-order valence-corrected chi connectivity index (χ0v) is 18.7. The van der Waals surface area contributed by atoms with E-state index in [1.54, 1.807) is 0 Å². The smallest absolute Gasteiger partial charge is 0.347 e. The lowest BCUT2D eigenvalue weighted by Crippen LogP contribution is -2.23. The zero-order valence-electron chi connectivity index (χ0n) is 16.4. The van der Waals surface area contributed by atoms with Gasteiger partial charge in [-0.1, -0.05) is 72.7 Å². The number of benzene rings is 2. The zero-order chi connectivity index (χ0) is 21.1. The van der Waals surface area contributed by atoms with Gasteiger partial charge in [-0.15, -0.1) is 0 Å². The highest BCUT2D eigenvalue weighted by Crippen LogP contribution is 2.29. The number of nitrogens with zero attached hydrogens (tertiary/aromatic N) is 2. The van der Waals surface area contributed by atoms with Crippen LogP contribution in [0.15, 0.2) is 53.5 Å². The Balaban J connectivity index is 2.14. The lowest BCUT2D eigenvalue weighted by molar-refractivity contribution is 0.0699. The van der Waals surface area contributed by atoms with E-state index in [2.05, 4.69) is 6.92 Å². The molecule has 0 amide bonds. The van der Waals surface area contributed by atoms with Crippen molar-refractivity contribution in [1.29, 1.82) is 0 Å². The van der Waals surface area contributed by atoms with Gasteiger partial charge in [0, 0.05) is 15.7 Å². The molecule has 0 radical (unpaired) electrons. The van der Waals surface area contributed by atoms with Crippen LogP contribution in [0.4, 0.5) is 0 Å². The highest BCUT2D eigenvalue weighted by molar-refractivity contribution is 7.11. The maximum absolute atomic E-state index is 11.9. The van der Waals surface area contributed by atoms with E-state index < -0.39 is 5.97 Å². The summed E-state index contributed by atoms with van der Waals surface area (Å²) < 4.78 is 2.04. The van der Waals surface area contributed by atoms with Crippen molar-refractivity contribution >= 4 is 40.5 Å². The number of carboxylic acids is 1. The molecule has 1 N–H and O–H groups in total. The van der Waals surface area contributed by atoms with Crippen molar-refractivity contribution in [3.05, 3.63) is 85.1 Å². The van der Waals surface area contributed by atoms with Gasteiger partial charge >= 0.3 is 5.97 Å². The van der Waals surface area contributed by atoms with Crippen LogP contribution >= 0.6 is 34.5 Å². The highest BCUT2D eigenvalue weighted by Gasteiger charge is 2.25. The third-order valence-corrected chi connectivity index (χ3v) is 6.28. The van der Waals surface area contributed by atoms with Crippen molar-refractivity contribution in [2.24, 2.45) is 4.99 Å². The number of carbonyl (C=O) groups is 1. The normalized spacial score (nSPS) is 13.1. The molecule has 0 unspecified atom stereocenters. The first kappa shape index (κ1) is 21.6. The molecule has 0 bridgehead atoms. The van der Waals surface area contributed by atoms with E-state index in [1.165, 1.54) is 11.3 Å². The van der Waals surface area contributed by atoms with Gasteiger partial charge in [-0.3, -0.25) is 4.99 Å². The fraction of sp³-hybridized carbons (Fsp3) is 0.273. The third-order valence-electron chi connectivity index (χ3n) is 4.68. The SMILES string of the molecule is CC(C)c1c(C(=O)O)s/c(=N/Cc2ccc(Cl)cc2)n1[C@H](C)c1ccc(Cl)cc1. The second-order valence-electron chi connectivity index (χ2n) is 7.10. The van der Waals surface area contributed by atoms with Crippen LogP contribution in [-0.4, -0.2) is 15.6 Å². The Kier molecular flexibility index (Phi) is 6.83. The summed E-state index contributed by atoms with van der Waals surface area (Å²) in [5.74, 6) is -0.893. The Hall–Kier alpha value is -2.08. The van der Waals surface area contributed by atoms with Gasteiger partial charge in [-0.25, -0.2) is 4.79 Å². The molecule has 3 rings (SSSR count). The number of halogens is 2. The van der Waals surface area contributed by atoms with Crippen molar-refractivity contribution in [2.45, 2.75) is 39.3 Å². The predicted octanol–water partition coefficient (Wildman–Crippen LogP) is 6.39. The second kappa shape index (κ2) is 9.16. The van der Waals surface area contributed by atoms with Gasteiger partial charge in [0.15, 0.2) is 4.80 Å². The lowest BCUT2D eigenvalue weighted by Gasteiger charge is -2.20. The van der Waals surface area contributed by atoms with Crippen molar-refractivity contribution in [3.8, 4) is 0 Å². The van der Waals surface area contributed by atoms with Gasteiger partial charge in [-0.05, 0) is 48.2 Å². The molecule has 3 aromatic rings. The summed E-state index contributed by atoms with van der Waals surface area (Å²) in [6, 6.07) is 15.0. The van der Waals surface area contributed by atoms with E-state index >= 15 is 0 Å². The molecule has 2 aromatic carbocycles. The minimum absolute atomic E-state index is 0.0339. The predicted molar refractivity (Wildman–Crippen MR) is 119 cm³/mol. The van der Waals surface area contributed by atoms with Gasteiger partial charge in [0.1, 0.15) is 4.88 Å². The fourth-order valence-corrected chi connectivity index (χ4v) is 4.66. The maximum atomic E-state index is 11.9. The number of aromatic carboxylic acids is 1. The third kappa shape index (κ3) is 4.92. The van der Waals surface area contributed by atoms with Gasteiger partial charge in [0.25, 0.3) is 0 Å². The van der Waals surface area contributed by atoms with Crippen LogP contribution in [0.1, 0.15) is 59.2 Å². The molecule has 0 saturated heterocycles. The van der Waals surface area contributed by atoms with Crippen molar-refractivity contribution in [1.82, 2.24) is 4.57 Å². The molecule has 1 atom stereocenters. The first-order valence-corrected chi connectivity index (χ1v) is 10.8. The largest absolute Gasteiger partial charge is 0.477 e. The molecule has 4 nitrogen and oxygen atoms in total. The topological polar surface area (TPSA) is 54.6 Å². The summed E-state index contributed by atoms with van der Waals surface area (Å²) in [7, 11) is 0. The molecule has 1 heterocycles. The van der Waals surface area contributed by atoms with E-state index in [0.29, 0.717) is 26.3 Å². The number of aromatic nitrogens is 1. The maximum Gasteiger partial charge on any atom is 0.347 e. The number of hydrogen-bond acceptors (Lipinski definition) is 3. The number of carboxylic acid groups (broad SMARTS) is 1. The number of rotatable bonds is 6.